The molecule has 0 unspecified atom stereocenters. The van der Waals surface area contributed by atoms with Gasteiger partial charge in [-0.15, -0.1) is 0 Å². The molecule has 2 N–H and O–H groups in total. The minimum Gasteiger partial charge on any atom is -0.481 e. The van der Waals surface area contributed by atoms with Crippen LogP contribution < -0.4 is 5.43 Å². The van der Waals surface area contributed by atoms with E-state index in [1.807, 2.05) is 5.01 Å². The van der Waals surface area contributed by atoms with Gasteiger partial charge in [0.25, 0.3) is 0 Å². The molecule has 0 aromatic heterocycles. The SMILES string of the molecule is CN1CCN(NC(=O)[C@@H]2[C@H]3CC[C@@H](C3)[C@H]2C(=O)O)CC1. The number of nitrogens with one attached hydrogen (secondary N) is 1. The van der Waals surface area contributed by atoms with Crippen LogP contribution in [0.15, 0.2) is 0 Å². The number of hydrazine groups is 1. The first-order chi connectivity index (χ1) is 9.56. The molecule has 0 spiro atoms. The molecule has 2 saturated carbocycles. The molecule has 2 bridgehead atoms. The van der Waals surface area contributed by atoms with Crippen LogP contribution in [0.4, 0.5) is 0 Å². The fraction of sp³-hybridized carbons (Fsp3) is 0.857. The molecule has 3 rings (SSSR count). The van der Waals surface area contributed by atoms with Gasteiger partial charge in [-0.2, -0.15) is 0 Å². The number of hydrogen-bond acceptors (Lipinski definition) is 4. The van der Waals surface area contributed by atoms with Crippen LogP contribution in [-0.2, 0) is 9.59 Å². The zero-order valence-electron chi connectivity index (χ0n) is 11.9. The number of hydrogen-bond donors (Lipinski definition) is 2. The Hall–Kier alpha value is -1.14. The van der Waals surface area contributed by atoms with Crippen LogP contribution in [0.3, 0.4) is 0 Å². The molecule has 2 aliphatic carbocycles. The molecule has 0 radical (unpaired) electrons. The number of carboxylic acid groups (broad SMARTS) is 1. The molecule has 1 saturated heterocycles. The van der Waals surface area contributed by atoms with E-state index < -0.39 is 11.9 Å². The van der Waals surface area contributed by atoms with E-state index in [4.69, 9.17) is 0 Å². The van der Waals surface area contributed by atoms with E-state index in [0.717, 1.165) is 45.4 Å². The molecule has 0 aromatic rings. The first-order valence-electron chi connectivity index (χ1n) is 7.53. The number of carbonyl (C=O) groups excluding carboxylic acids is 1. The first-order valence-corrected chi connectivity index (χ1v) is 7.53. The molecule has 1 aliphatic heterocycles. The Morgan fingerprint density at radius 2 is 1.65 bits per heavy atom. The van der Waals surface area contributed by atoms with E-state index in [2.05, 4.69) is 17.4 Å². The predicted molar refractivity (Wildman–Crippen MR) is 72.7 cm³/mol. The molecule has 0 aromatic carbocycles. The van der Waals surface area contributed by atoms with Crippen LogP contribution in [0.5, 0.6) is 0 Å². The van der Waals surface area contributed by atoms with Crippen molar-refractivity contribution >= 4 is 11.9 Å². The summed E-state index contributed by atoms with van der Waals surface area (Å²) in [6.07, 6.45) is 2.90. The summed E-state index contributed by atoms with van der Waals surface area (Å²) >= 11 is 0. The quantitative estimate of drug-likeness (QED) is 0.762. The third kappa shape index (κ3) is 2.42. The van der Waals surface area contributed by atoms with Crippen LogP contribution in [0.1, 0.15) is 19.3 Å². The number of piperazine rings is 1. The van der Waals surface area contributed by atoms with E-state index in [1.165, 1.54) is 0 Å². The number of carbonyl (C=O) groups is 2. The van der Waals surface area contributed by atoms with Crippen LogP contribution in [0, 0.1) is 23.7 Å². The molecule has 6 nitrogen and oxygen atoms in total. The van der Waals surface area contributed by atoms with Crippen molar-refractivity contribution in [3.05, 3.63) is 0 Å². The Kier molecular flexibility index (Phi) is 3.69. The summed E-state index contributed by atoms with van der Waals surface area (Å²) in [6.45, 7) is 3.47. The highest BCUT2D eigenvalue weighted by Crippen LogP contribution is 2.52. The lowest BCUT2D eigenvalue weighted by Gasteiger charge is -2.35. The van der Waals surface area contributed by atoms with Crippen LogP contribution >= 0.6 is 0 Å². The molecule has 20 heavy (non-hydrogen) atoms. The van der Waals surface area contributed by atoms with Gasteiger partial charge in [0.1, 0.15) is 0 Å². The van der Waals surface area contributed by atoms with Gasteiger partial charge in [0, 0.05) is 26.2 Å². The number of rotatable bonds is 3. The molecular formula is C14H23N3O3. The molecule has 1 heterocycles. The lowest BCUT2D eigenvalue weighted by molar-refractivity contribution is -0.151. The van der Waals surface area contributed by atoms with Crippen molar-refractivity contribution in [2.24, 2.45) is 23.7 Å². The van der Waals surface area contributed by atoms with E-state index in [1.54, 1.807) is 0 Å². The van der Waals surface area contributed by atoms with Gasteiger partial charge in [-0.25, -0.2) is 5.01 Å². The largest absolute Gasteiger partial charge is 0.481 e. The van der Waals surface area contributed by atoms with Crippen molar-refractivity contribution in [3.8, 4) is 0 Å². The third-order valence-corrected chi connectivity index (χ3v) is 5.28. The second-order valence-electron chi connectivity index (χ2n) is 6.49. The van der Waals surface area contributed by atoms with E-state index in [9.17, 15) is 14.7 Å². The average Bonchev–Trinajstić information content (AvgIpc) is 3.01. The summed E-state index contributed by atoms with van der Waals surface area (Å²) in [6, 6.07) is 0. The van der Waals surface area contributed by atoms with Gasteiger partial charge in [0.15, 0.2) is 0 Å². The van der Waals surface area contributed by atoms with Gasteiger partial charge in [-0.1, -0.05) is 0 Å². The Morgan fingerprint density at radius 1 is 1.05 bits per heavy atom. The first kappa shape index (κ1) is 13.8. The smallest absolute Gasteiger partial charge is 0.307 e. The average molecular weight is 281 g/mol. The second kappa shape index (κ2) is 5.33. The second-order valence-corrected chi connectivity index (χ2v) is 6.49. The summed E-state index contributed by atoms with van der Waals surface area (Å²) in [5.74, 6) is -1.19. The van der Waals surface area contributed by atoms with Gasteiger partial charge in [0.05, 0.1) is 11.8 Å². The lowest BCUT2D eigenvalue weighted by atomic mass is 9.79. The Balaban J connectivity index is 1.63. The minimum atomic E-state index is -0.796. The van der Waals surface area contributed by atoms with Crippen LogP contribution in [-0.4, -0.2) is 60.1 Å². The molecule has 112 valence electrons. The minimum absolute atomic E-state index is 0.0749. The molecule has 3 aliphatic rings. The third-order valence-electron chi connectivity index (χ3n) is 5.28. The molecule has 1 amide bonds. The normalized spacial score (nSPS) is 38.0. The zero-order chi connectivity index (χ0) is 14.3. The van der Waals surface area contributed by atoms with E-state index in [-0.39, 0.29) is 23.7 Å². The molecule has 6 heteroatoms. The predicted octanol–water partition coefficient (Wildman–Crippen LogP) is 0.0119. The maximum Gasteiger partial charge on any atom is 0.307 e. The maximum atomic E-state index is 12.5. The summed E-state index contributed by atoms with van der Waals surface area (Å²) in [7, 11) is 2.07. The van der Waals surface area contributed by atoms with Crippen molar-refractivity contribution in [1.29, 1.82) is 0 Å². The summed E-state index contributed by atoms with van der Waals surface area (Å²) in [5.41, 5.74) is 2.96. The summed E-state index contributed by atoms with van der Waals surface area (Å²) in [5, 5.41) is 11.3. The molecule has 3 fully saturated rings. The summed E-state index contributed by atoms with van der Waals surface area (Å²) < 4.78 is 0. The van der Waals surface area contributed by atoms with Crippen molar-refractivity contribution in [1.82, 2.24) is 15.3 Å². The highest BCUT2D eigenvalue weighted by Gasteiger charge is 2.54. The Bertz CT molecular complexity index is 406. The number of aliphatic carboxylic acids is 1. The monoisotopic (exact) mass is 281 g/mol. The van der Waals surface area contributed by atoms with Crippen molar-refractivity contribution in [2.45, 2.75) is 19.3 Å². The topological polar surface area (TPSA) is 72.9 Å². The van der Waals surface area contributed by atoms with E-state index in [0.29, 0.717) is 0 Å². The highest BCUT2D eigenvalue weighted by atomic mass is 16.4. The number of likely N-dealkylation sites (N-methyl/N-ethyl adjacent to an activating group) is 1. The Morgan fingerprint density at radius 3 is 2.25 bits per heavy atom. The van der Waals surface area contributed by atoms with Crippen molar-refractivity contribution in [3.63, 3.8) is 0 Å². The van der Waals surface area contributed by atoms with Crippen molar-refractivity contribution in [2.75, 3.05) is 33.2 Å². The van der Waals surface area contributed by atoms with Gasteiger partial charge < -0.3 is 10.0 Å². The number of nitrogens with zero attached hydrogens (tertiary/aromatic N) is 2. The van der Waals surface area contributed by atoms with E-state index >= 15 is 0 Å². The number of carboxylic acids is 1. The van der Waals surface area contributed by atoms with Crippen molar-refractivity contribution < 1.29 is 14.7 Å². The number of fused-ring (bicyclic) bond motifs is 2. The summed E-state index contributed by atoms with van der Waals surface area (Å²) in [4.78, 5) is 26.1. The fourth-order valence-corrected chi connectivity index (χ4v) is 4.17. The molecular weight excluding hydrogens is 258 g/mol. The fourth-order valence-electron chi connectivity index (χ4n) is 4.17. The standard InChI is InChI=1S/C14H23N3O3/c1-16-4-6-17(7-5-16)15-13(18)11-9-2-3-10(8-9)12(11)14(19)20/h9-12H,2-8H2,1H3,(H,15,18)(H,19,20)/t9-,10-,11+,12+/m0/s1. The van der Waals surface area contributed by atoms with Gasteiger partial charge in [-0.3, -0.25) is 15.0 Å². The highest BCUT2D eigenvalue weighted by molar-refractivity contribution is 5.85. The zero-order valence-corrected chi connectivity index (χ0v) is 11.9. The molecule has 4 atom stereocenters. The Labute approximate surface area is 119 Å². The maximum absolute atomic E-state index is 12.5. The number of amides is 1. The van der Waals surface area contributed by atoms with Crippen LogP contribution in [0.25, 0.3) is 0 Å². The van der Waals surface area contributed by atoms with Gasteiger partial charge in [0.2, 0.25) is 5.91 Å². The van der Waals surface area contributed by atoms with Gasteiger partial charge >= 0.3 is 5.97 Å². The lowest BCUT2D eigenvalue weighted by Crippen LogP contribution is -2.55. The van der Waals surface area contributed by atoms with Crippen LogP contribution in [0.2, 0.25) is 0 Å². The van der Waals surface area contributed by atoms with Gasteiger partial charge in [-0.05, 0) is 38.1 Å².